The van der Waals surface area contributed by atoms with Gasteiger partial charge in [0, 0.05) is 13.6 Å². The van der Waals surface area contributed by atoms with Gasteiger partial charge in [-0.15, -0.1) is 0 Å². The molecular weight excluding hydrogens is 192 g/mol. The molecule has 1 aliphatic rings. The molecule has 3 amide bonds. The highest BCUT2D eigenvalue weighted by molar-refractivity contribution is 6.01. The number of urea groups is 1. The van der Waals surface area contributed by atoms with E-state index in [1.54, 1.807) is 0 Å². The molecule has 1 fully saturated rings. The Balaban J connectivity index is 2.09. The van der Waals surface area contributed by atoms with E-state index >= 15 is 0 Å². The minimum Gasteiger partial charge on any atom is -0.311 e. The molecule has 78 valence electrons. The lowest BCUT2D eigenvalue weighted by atomic mass is 10.2. The number of imide groups is 1. The third-order valence-corrected chi connectivity index (χ3v) is 2.47. The maximum atomic E-state index is 11.6. The number of benzene rings is 1. The van der Waals surface area contributed by atoms with Gasteiger partial charge in [-0.05, 0) is 5.56 Å². The number of amides is 3. The van der Waals surface area contributed by atoms with Crippen molar-refractivity contribution in [3.8, 4) is 0 Å². The van der Waals surface area contributed by atoms with Gasteiger partial charge in [-0.2, -0.15) is 0 Å². The lowest BCUT2D eigenvalue weighted by molar-refractivity contribution is -0.124. The van der Waals surface area contributed by atoms with Gasteiger partial charge in [-0.1, -0.05) is 30.3 Å². The summed E-state index contributed by atoms with van der Waals surface area (Å²) in [7, 11) is 1.51. The van der Waals surface area contributed by atoms with Gasteiger partial charge in [0.15, 0.2) is 0 Å². The van der Waals surface area contributed by atoms with Crippen LogP contribution in [0.1, 0.15) is 5.56 Å². The van der Waals surface area contributed by atoms with E-state index in [1.807, 2.05) is 30.3 Å². The molecule has 1 aromatic carbocycles. The summed E-state index contributed by atoms with van der Waals surface area (Å²) < 4.78 is 0. The summed E-state index contributed by atoms with van der Waals surface area (Å²) in [6.45, 7) is 0.681. The van der Waals surface area contributed by atoms with Gasteiger partial charge in [0.25, 0.3) is 0 Å². The summed E-state index contributed by atoms with van der Waals surface area (Å²) in [4.78, 5) is 25.5. The van der Waals surface area contributed by atoms with Gasteiger partial charge < -0.3 is 4.90 Å². The van der Waals surface area contributed by atoms with Gasteiger partial charge in [-0.25, -0.2) is 4.79 Å². The maximum absolute atomic E-state index is 11.6. The number of carbonyl (C=O) groups excluding carboxylic acids is 2. The second-order valence-electron chi connectivity index (χ2n) is 3.58. The Labute approximate surface area is 88.1 Å². The molecule has 4 heteroatoms. The minimum atomic E-state index is -0.219. The SMILES string of the molecule is CN1C(=O)CN(Cc2ccccc2)C1=O. The first-order valence-corrected chi connectivity index (χ1v) is 4.78. The van der Waals surface area contributed by atoms with E-state index in [9.17, 15) is 9.59 Å². The van der Waals surface area contributed by atoms with Crippen molar-refractivity contribution in [3.63, 3.8) is 0 Å². The fourth-order valence-corrected chi connectivity index (χ4v) is 1.58. The number of hydrogen-bond acceptors (Lipinski definition) is 2. The molecule has 15 heavy (non-hydrogen) atoms. The molecule has 1 aliphatic heterocycles. The van der Waals surface area contributed by atoms with E-state index in [-0.39, 0.29) is 18.5 Å². The average molecular weight is 204 g/mol. The molecule has 0 bridgehead atoms. The van der Waals surface area contributed by atoms with Crippen LogP contribution in [0.4, 0.5) is 4.79 Å². The number of hydrogen-bond donors (Lipinski definition) is 0. The smallest absolute Gasteiger partial charge is 0.311 e. The zero-order valence-electron chi connectivity index (χ0n) is 8.51. The number of rotatable bonds is 2. The Bertz CT molecular complexity index is 389. The Morgan fingerprint density at radius 3 is 2.40 bits per heavy atom. The molecule has 0 aromatic heterocycles. The highest BCUT2D eigenvalue weighted by Gasteiger charge is 2.32. The van der Waals surface area contributed by atoms with Crippen LogP contribution >= 0.6 is 0 Å². The summed E-state index contributed by atoms with van der Waals surface area (Å²) in [5.74, 6) is -0.143. The van der Waals surface area contributed by atoms with Gasteiger partial charge in [-0.3, -0.25) is 9.69 Å². The van der Waals surface area contributed by atoms with Gasteiger partial charge >= 0.3 is 6.03 Å². The van der Waals surface area contributed by atoms with Crippen LogP contribution in [0.15, 0.2) is 30.3 Å². The minimum absolute atomic E-state index is 0.143. The zero-order chi connectivity index (χ0) is 10.8. The van der Waals surface area contributed by atoms with Crippen molar-refractivity contribution in [2.45, 2.75) is 6.54 Å². The first-order valence-electron chi connectivity index (χ1n) is 4.78. The molecule has 0 unspecified atom stereocenters. The second kappa shape index (κ2) is 3.73. The quantitative estimate of drug-likeness (QED) is 0.676. The Morgan fingerprint density at radius 1 is 1.20 bits per heavy atom. The normalized spacial score (nSPS) is 16.3. The van der Waals surface area contributed by atoms with E-state index in [0.29, 0.717) is 6.54 Å². The van der Waals surface area contributed by atoms with Crippen LogP contribution in [0.3, 0.4) is 0 Å². The first-order chi connectivity index (χ1) is 7.18. The zero-order valence-corrected chi connectivity index (χ0v) is 8.51. The van der Waals surface area contributed by atoms with Crippen LogP contribution in [0.25, 0.3) is 0 Å². The summed E-state index contributed by atoms with van der Waals surface area (Å²) >= 11 is 0. The molecule has 1 saturated heterocycles. The van der Waals surface area contributed by atoms with Gasteiger partial charge in [0.2, 0.25) is 5.91 Å². The average Bonchev–Trinajstić information content (AvgIpc) is 2.48. The van der Waals surface area contributed by atoms with E-state index in [2.05, 4.69) is 0 Å². The van der Waals surface area contributed by atoms with Crippen molar-refractivity contribution in [2.75, 3.05) is 13.6 Å². The molecule has 0 aliphatic carbocycles. The molecule has 0 atom stereocenters. The van der Waals surface area contributed by atoms with E-state index in [1.165, 1.54) is 11.9 Å². The Hall–Kier alpha value is -1.84. The largest absolute Gasteiger partial charge is 0.327 e. The molecule has 1 heterocycles. The van der Waals surface area contributed by atoms with Crippen molar-refractivity contribution in [3.05, 3.63) is 35.9 Å². The number of nitrogens with zero attached hydrogens (tertiary/aromatic N) is 2. The van der Waals surface area contributed by atoms with Crippen LogP contribution in [-0.4, -0.2) is 35.3 Å². The predicted octanol–water partition coefficient (Wildman–Crippen LogP) is 1.08. The van der Waals surface area contributed by atoms with Crippen LogP contribution in [0, 0.1) is 0 Å². The monoisotopic (exact) mass is 204 g/mol. The fraction of sp³-hybridized carbons (Fsp3) is 0.273. The predicted molar refractivity (Wildman–Crippen MR) is 55.0 cm³/mol. The summed E-state index contributed by atoms with van der Waals surface area (Å²) in [6.07, 6.45) is 0. The van der Waals surface area contributed by atoms with Crippen LogP contribution < -0.4 is 0 Å². The molecule has 1 aromatic rings. The van der Waals surface area contributed by atoms with Crippen LogP contribution in [0.2, 0.25) is 0 Å². The third-order valence-electron chi connectivity index (χ3n) is 2.47. The number of carbonyl (C=O) groups is 2. The van der Waals surface area contributed by atoms with Crippen molar-refractivity contribution >= 4 is 11.9 Å². The Morgan fingerprint density at radius 2 is 1.87 bits per heavy atom. The summed E-state index contributed by atoms with van der Waals surface area (Å²) in [5.41, 5.74) is 1.04. The standard InChI is InChI=1S/C11H12N2O2/c1-12-10(14)8-13(11(12)15)7-9-5-3-2-4-6-9/h2-6H,7-8H2,1H3. The second-order valence-corrected chi connectivity index (χ2v) is 3.58. The highest BCUT2D eigenvalue weighted by Crippen LogP contribution is 2.12. The van der Waals surface area contributed by atoms with Gasteiger partial charge in [0.1, 0.15) is 6.54 Å². The molecule has 4 nitrogen and oxygen atoms in total. The van der Waals surface area contributed by atoms with E-state index in [0.717, 1.165) is 10.5 Å². The van der Waals surface area contributed by atoms with Crippen molar-refractivity contribution in [2.24, 2.45) is 0 Å². The van der Waals surface area contributed by atoms with Gasteiger partial charge in [0.05, 0.1) is 0 Å². The maximum Gasteiger partial charge on any atom is 0.327 e. The topological polar surface area (TPSA) is 40.6 Å². The van der Waals surface area contributed by atoms with Crippen molar-refractivity contribution in [1.82, 2.24) is 9.80 Å². The summed E-state index contributed by atoms with van der Waals surface area (Å²) in [6, 6.07) is 9.42. The molecule has 2 rings (SSSR count). The highest BCUT2D eigenvalue weighted by atomic mass is 16.2. The van der Waals surface area contributed by atoms with Crippen molar-refractivity contribution < 1.29 is 9.59 Å². The molecule has 0 saturated carbocycles. The van der Waals surface area contributed by atoms with Crippen LogP contribution in [0.5, 0.6) is 0 Å². The third kappa shape index (κ3) is 1.83. The lowest BCUT2D eigenvalue weighted by Gasteiger charge is -2.14. The Kier molecular flexibility index (Phi) is 2.41. The fourth-order valence-electron chi connectivity index (χ4n) is 1.58. The number of likely N-dealkylation sites (N-methyl/N-ethyl adjacent to an activating group) is 1. The molecule has 0 radical (unpaired) electrons. The molecule has 0 spiro atoms. The summed E-state index contributed by atoms with van der Waals surface area (Å²) in [5, 5.41) is 0. The van der Waals surface area contributed by atoms with Crippen molar-refractivity contribution in [1.29, 1.82) is 0 Å². The first kappa shape index (κ1) is 9.71. The van der Waals surface area contributed by atoms with E-state index in [4.69, 9.17) is 0 Å². The molecular formula is C11H12N2O2. The molecule has 0 N–H and O–H groups in total. The lowest BCUT2D eigenvalue weighted by Crippen LogP contribution is -2.29. The van der Waals surface area contributed by atoms with E-state index < -0.39 is 0 Å². The van der Waals surface area contributed by atoms with Crippen LogP contribution in [-0.2, 0) is 11.3 Å².